The standard InChI is InChI=1S/C25H18N2O/c1-15-7-5-13-26-23(15)17-9-3-11-19-21(17)25(26)22-18(10-4-12-20(22)28-19)24-16(2)8-6-14-27(24)25/h3-14H,1-2H3/q+2. The molecule has 132 valence electrons. The molecule has 1 spiro atoms. The zero-order chi connectivity index (χ0) is 18.6. The number of aromatic nitrogens is 2. The van der Waals surface area contributed by atoms with Gasteiger partial charge in [0.2, 0.25) is 11.4 Å². The predicted molar refractivity (Wildman–Crippen MR) is 105 cm³/mol. The lowest BCUT2D eigenvalue weighted by Gasteiger charge is -2.25. The predicted octanol–water partition coefficient (Wildman–Crippen LogP) is 4.24. The molecular formula is C25H18N2O+2. The Labute approximate surface area is 163 Å². The number of pyridine rings is 2. The van der Waals surface area contributed by atoms with Gasteiger partial charge in [-0.05, 0) is 50.2 Å². The van der Waals surface area contributed by atoms with Crippen LogP contribution in [-0.4, -0.2) is 0 Å². The van der Waals surface area contributed by atoms with Gasteiger partial charge in [0, 0.05) is 23.3 Å². The molecule has 3 aliphatic heterocycles. The zero-order valence-corrected chi connectivity index (χ0v) is 15.7. The number of aryl methyl sites for hydroxylation is 2. The first-order chi connectivity index (χ1) is 13.7. The molecule has 2 aromatic carbocycles. The van der Waals surface area contributed by atoms with Crippen LogP contribution in [0.25, 0.3) is 22.5 Å². The van der Waals surface area contributed by atoms with E-state index in [4.69, 9.17) is 4.74 Å². The first-order valence-electron chi connectivity index (χ1n) is 9.72. The largest absolute Gasteiger partial charge is 0.456 e. The highest BCUT2D eigenvalue weighted by molar-refractivity contribution is 5.81. The minimum absolute atomic E-state index is 0.432. The van der Waals surface area contributed by atoms with Gasteiger partial charge in [0.15, 0.2) is 23.5 Å². The molecule has 2 aromatic heterocycles. The summed E-state index contributed by atoms with van der Waals surface area (Å²) >= 11 is 0. The Kier molecular flexibility index (Phi) is 2.34. The normalized spacial score (nSPS) is 15.4. The summed E-state index contributed by atoms with van der Waals surface area (Å²) < 4.78 is 11.4. The Hall–Kier alpha value is -3.46. The maximum atomic E-state index is 6.47. The lowest BCUT2D eigenvalue weighted by atomic mass is 9.86. The third-order valence-electron chi connectivity index (χ3n) is 6.57. The van der Waals surface area contributed by atoms with E-state index >= 15 is 0 Å². The van der Waals surface area contributed by atoms with Crippen molar-refractivity contribution in [2.45, 2.75) is 19.5 Å². The first-order valence-corrected chi connectivity index (χ1v) is 9.72. The topological polar surface area (TPSA) is 17.0 Å². The van der Waals surface area contributed by atoms with Crippen LogP contribution in [-0.2, 0) is 5.66 Å². The van der Waals surface area contributed by atoms with E-state index in [9.17, 15) is 0 Å². The summed E-state index contributed by atoms with van der Waals surface area (Å²) in [5.74, 6) is 1.90. The molecule has 3 nitrogen and oxygen atoms in total. The van der Waals surface area contributed by atoms with Crippen LogP contribution < -0.4 is 13.9 Å². The van der Waals surface area contributed by atoms with Crippen molar-refractivity contribution < 1.29 is 13.9 Å². The van der Waals surface area contributed by atoms with Crippen molar-refractivity contribution in [2.75, 3.05) is 0 Å². The Morgan fingerprint density at radius 3 is 1.64 bits per heavy atom. The van der Waals surface area contributed by atoms with Gasteiger partial charge in [-0.1, -0.05) is 12.1 Å². The van der Waals surface area contributed by atoms with Crippen molar-refractivity contribution in [1.29, 1.82) is 0 Å². The van der Waals surface area contributed by atoms with E-state index in [0.717, 1.165) is 11.5 Å². The number of rotatable bonds is 0. The molecule has 0 radical (unpaired) electrons. The van der Waals surface area contributed by atoms with Gasteiger partial charge in [-0.3, -0.25) is 0 Å². The van der Waals surface area contributed by atoms with E-state index in [1.807, 2.05) is 0 Å². The van der Waals surface area contributed by atoms with Crippen LogP contribution in [0.2, 0.25) is 0 Å². The van der Waals surface area contributed by atoms with Crippen LogP contribution in [0.15, 0.2) is 73.1 Å². The van der Waals surface area contributed by atoms with Gasteiger partial charge in [-0.25, -0.2) is 0 Å². The highest BCUT2D eigenvalue weighted by Gasteiger charge is 2.71. The molecular weight excluding hydrogens is 344 g/mol. The molecule has 0 N–H and O–H groups in total. The minimum Gasteiger partial charge on any atom is -0.456 e. The fourth-order valence-electron chi connectivity index (χ4n) is 5.65. The second kappa shape index (κ2) is 4.50. The number of hydrogen-bond acceptors (Lipinski definition) is 1. The summed E-state index contributed by atoms with van der Waals surface area (Å²) in [6.45, 7) is 4.40. The van der Waals surface area contributed by atoms with Crippen molar-refractivity contribution in [3.8, 4) is 34.0 Å². The van der Waals surface area contributed by atoms with E-state index in [0.29, 0.717) is 0 Å². The van der Waals surface area contributed by atoms with Crippen LogP contribution in [0.1, 0.15) is 22.3 Å². The highest BCUT2D eigenvalue weighted by Crippen LogP contribution is 2.57. The molecule has 5 heterocycles. The van der Waals surface area contributed by atoms with E-state index < -0.39 is 5.66 Å². The molecule has 0 fully saturated rings. The van der Waals surface area contributed by atoms with Crippen molar-refractivity contribution >= 4 is 0 Å². The molecule has 0 bridgehead atoms. The van der Waals surface area contributed by atoms with Crippen molar-refractivity contribution in [2.24, 2.45) is 0 Å². The van der Waals surface area contributed by atoms with Gasteiger partial charge >= 0.3 is 5.66 Å². The Morgan fingerprint density at radius 2 is 1.14 bits per heavy atom. The average Bonchev–Trinajstić information content (AvgIpc) is 3.18. The molecule has 0 atom stereocenters. The van der Waals surface area contributed by atoms with E-state index in [-0.39, 0.29) is 0 Å². The third-order valence-corrected chi connectivity index (χ3v) is 6.57. The van der Waals surface area contributed by atoms with E-state index in [1.54, 1.807) is 0 Å². The molecule has 0 saturated carbocycles. The van der Waals surface area contributed by atoms with Crippen LogP contribution in [0.5, 0.6) is 11.5 Å². The van der Waals surface area contributed by atoms with Gasteiger partial charge in [-0.2, -0.15) is 0 Å². The van der Waals surface area contributed by atoms with Gasteiger partial charge in [0.1, 0.15) is 11.5 Å². The molecule has 3 heteroatoms. The van der Waals surface area contributed by atoms with E-state index in [1.165, 1.54) is 44.8 Å². The number of nitrogens with zero attached hydrogens (tertiary/aromatic N) is 2. The number of ether oxygens (including phenoxy) is 1. The average molecular weight is 362 g/mol. The summed E-state index contributed by atoms with van der Waals surface area (Å²) in [5, 5.41) is 0. The Bertz CT molecular complexity index is 1260. The van der Waals surface area contributed by atoms with Crippen molar-refractivity contribution in [1.82, 2.24) is 0 Å². The molecule has 0 saturated heterocycles. The second-order valence-corrected chi connectivity index (χ2v) is 7.95. The summed E-state index contributed by atoms with van der Waals surface area (Å²) in [6.07, 6.45) is 4.45. The SMILES string of the molecule is Cc1ccc[n+]2c1-c1cccc3c1C21c2c(cccc2-c2c(C)ccc[n+]21)O3. The Morgan fingerprint density at radius 1 is 0.643 bits per heavy atom. The molecule has 7 rings (SSSR count). The summed E-state index contributed by atoms with van der Waals surface area (Å²) in [4.78, 5) is 0. The maximum absolute atomic E-state index is 6.47. The zero-order valence-electron chi connectivity index (χ0n) is 15.7. The monoisotopic (exact) mass is 362 g/mol. The van der Waals surface area contributed by atoms with Crippen LogP contribution in [0.4, 0.5) is 0 Å². The summed E-state index contributed by atoms with van der Waals surface area (Å²) in [5.41, 5.74) is 9.69. The van der Waals surface area contributed by atoms with Gasteiger partial charge in [0.05, 0.1) is 11.1 Å². The van der Waals surface area contributed by atoms with Gasteiger partial charge in [-0.15, -0.1) is 9.13 Å². The number of benzene rings is 2. The second-order valence-electron chi connectivity index (χ2n) is 7.95. The Balaban J connectivity index is 1.82. The molecule has 4 aromatic rings. The summed E-state index contributed by atoms with van der Waals surface area (Å²) in [6, 6.07) is 21.6. The molecule has 0 amide bonds. The van der Waals surface area contributed by atoms with Gasteiger partial charge in [0.25, 0.3) is 0 Å². The van der Waals surface area contributed by atoms with E-state index in [2.05, 4.69) is 96.0 Å². The highest BCUT2D eigenvalue weighted by atomic mass is 16.5. The molecule has 0 aliphatic carbocycles. The van der Waals surface area contributed by atoms with Gasteiger partial charge < -0.3 is 4.74 Å². The van der Waals surface area contributed by atoms with Crippen molar-refractivity contribution in [3.63, 3.8) is 0 Å². The van der Waals surface area contributed by atoms with Crippen LogP contribution in [0, 0.1) is 13.8 Å². The molecule has 3 aliphatic rings. The quantitative estimate of drug-likeness (QED) is 0.369. The number of fused-ring (bicyclic) bond motifs is 4. The maximum Gasteiger partial charge on any atom is 0.424 e. The third kappa shape index (κ3) is 1.33. The van der Waals surface area contributed by atoms with Crippen LogP contribution in [0.3, 0.4) is 0 Å². The number of hydrogen-bond donors (Lipinski definition) is 0. The summed E-state index contributed by atoms with van der Waals surface area (Å²) in [7, 11) is 0. The van der Waals surface area contributed by atoms with Crippen LogP contribution >= 0.6 is 0 Å². The fourth-order valence-corrected chi connectivity index (χ4v) is 5.65. The molecule has 28 heavy (non-hydrogen) atoms. The lowest BCUT2D eigenvalue weighted by molar-refractivity contribution is -0.955. The lowest BCUT2D eigenvalue weighted by Crippen LogP contribution is -2.72. The molecule has 0 unspecified atom stereocenters. The fraction of sp³-hybridized carbons (Fsp3) is 0.120. The first kappa shape index (κ1) is 14.6. The minimum atomic E-state index is -0.432. The van der Waals surface area contributed by atoms with Crippen molar-refractivity contribution in [3.05, 3.63) is 95.3 Å². The smallest absolute Gasteiger partial charge is 0.424 e.